The van der Waals surface area contributed by atoms with E-state index in [0.717, 1.165) is 22.8 Å². The lowest BCUT2D eigenvalue weighted by Gasteiger charge is -2.29. The van der Waals surface area contributed by atoms with Gasteiger partial charge in [-0.25, -0.2) is 4.39 Å². The second kappa shape index (κ2) is 10.4. The van der Waals surface area contributed by atoms with Gasteiger partial charge >= 0.3 is 0 Å². The van der Waals surface area contributed by atoms with Gasteiger partial charge in [-0.2, -0.15) is 0 Å². The lowest BCUT2D eigenvalue weighted by Crippen LogP contribution is -2.36. The molecular weight excluding hydrogens is 403 g/mol. The molecule has 166 valence electrons. The van der Waals surface area contributed by atoms with Crippen LogP contribution in [0.5, 0.6) is 0 Å². The molecule has 3 aromatic carbocycles. The summed E-state index contributed by atoms with van der Waals surface area (Å²) in [7, 11) is 0. The van der Waals surface area contributed by atoms with Crippen molar-refractivity contribution in [1.82, 2.24) is 0 Å². The third-order valence-corrected chi connectivity index (χ3v) is 5.75. The van der Waals surface area contributed by atoms with Crippen molar-refractivity contribution in [3.63, 3.8) is 0 Å². The van der Waals surface area contributed by atoms with Crippen molar-refractivity contribution in [1.29, 1.82) is 0 Å². The highest BCUT2D eigenvalue weighted by atomic mass is 19.1. The highest BCUT2D eigenvalue weighted by Gasteiger charge is 2.16. The number of benzene rings is 3. The maximum absolute atomic E-state index is 14.3. The predicted octanol–water partition coefficient (Wildman–Crippen LogP) is 6.27. The molecule has 32 heavy (non-hydrogen) atoms. The van der Waals surface area contributed by atoms with Gasteiger partial charge in [0.1, 0.15) is 5.82 Å². The monoisotopic (exact) mass is 432 g/mol. The van der Waals surface area contributed by atoms with E-state index in [9.17, 15) is 9.18 Å². The van der Waals surface area contributed by atoms with Crippen LogP contribution in [0.25, 0.3) is 16.8 Å². The topological polar surface area (TPSA) is 41.6 Å². The van der Waals surface area contributed by atoms with Crippen molar-refractivity contribution in [2.75, 3.05) is 36.5 Å². The first-order chi connectivity index (χ1) is 15.7. The average molecular weight is 433 g/mol. The Morgan fingerprint density at radius 3 is 2.66 bits per heavy atom. The number of rotatable bonds is 7. The fourth-order valence-corrected chi connectivity index (χ4v) is 4.01. The first-order valence-electron chi connectivity index (χ1n) is 11.3. The van der Waals surface area contributed by atoms with Gasteiger partial charge in [-0.1, -0.05) is 62.2 Å². The van der Waals surface area contributed by atoms with Crippen LogP contribution >= 0.6 is 0 Å². The number of morpholine rings is 1. The molecule has 0 unspecified atom stereocenters. The van der Waals surface area contributed by atoms with Crippen LogP contribution in [-0.4, -0.2) is 32.2 Å². The second-order valence-electron chi connectivity index (χ2n) is 8.04. The molecule has 1 fully saturated rings. The van der Waals surface area contributed by atoms with Gasteiger partial charge in [0.2, 0.25) is 0 Å². The molecule has 1 amide bonds. The lowest BCUT2D eigenvalue weighted by atomic mass is 10.0. The molecule has 1 aliphatic heterocycles. The van der Waals surface area contributed by atoms with E-state index in [1.807, 2.05) is 35.2 Å². The summed E-state index contributed by atoms with van der Waals surface area (Å²) < 4.78 is 19.7. The number of carbonyl (C=O) groups is 1. The molecule has 0 spiro atoms. The molecule has 1 N–H and O–H groups in total. The molecule has 5 heteroatoms. The van der Waals surface area contributed by atoms with Crippen molar-refractivity contribution in [2.45, 2.75) is 26.2 Å². The van der Waals surface area contributed by atoms with Crippen molar-refractivity contribution < 1.29 is 13.9 Å². The van der Waals surface area contributed by atoms with Gasteiger partial charge in [-0.3, -0.25) is 4.79 Å². The van der Waals surface area contributed by atoms with Crippen molar-refractivity contribution in [3.8, 4) is 0 Å². The molecule has 0 atom stereocenters. The van der Waals surface area contributed by atoms with Crippen LogP contribution in [0.2, 0.25) is 0 Å². The number of amides is 1. The maximum Gasteiger partial charge on any atom is 0.255 e. The molecule has 0 aliphatic carbocycles. The van der Waals surface area contributed by atoms with Gasteiger partial charge in [-0.15, -0.1) is 0 Å². The zero-order valence-corrected chi connectivity index (χ0v) is 18.4. The summed E-state index contributed by atoms with van der Waals surface area (Å²) in [5, 5.41) is 5.03. The molecule has 1 saturated heterocycles. The fourth-order valence-electron chi connectivity index (χ4n) is 4.01. The standard InChI is InChI=1S/C27H29FN2O2/c1-2-3-4-5-8-20-11-12-26(25-10-7-6-9-24(20)25)29-27(31)21-17-22(28)19-23(18-21)30-13-15-32-16-14-30/h5-12,17-19H,2-4,13-16H2,1H3,(H,29,31)/b8-5+. The molecule has 0 saturated carbocycles. The highest BCUT2D eigenvalue weighted by molar-refractivity contribution is 6.10. The fraction of sp³-hybridized carbons (Fsp3) is 0.296. The zero-order chi connectivity index (χ0) is 22.3. The molecule has 0 radical (unpaired) electrons. The number of unbranched alkanes of at least 4 members (excludes halogenated alkanes) is 2. The normalized spacial score (nSPS) is 14.2. The molecule has 4 nitrogen and oxygen atoms in total. The largest absolute Gasteiger partial charge is 0.378 e. The zero-order valence-electron chi connectivity index (χ0n) is 18.4. The van der Waals surface area contributed by atoms with Crippen LogP contribution in [0, 0.1) is 5.82 Å². The van der Waals surface area contributed by atoms with Gasteiger partial charge < -0.3 is 15.0 Å². The van der Waals surface area contributed by atoms with E-state index in [-0.39, 0.29) is 5.91 Å². The predicted molar refractivity (Wildman–Crippen MR) is 130 cm³/mol. The summed E-state index contributed by atoms with van der Waals surface area (Å²) >= 11 is 0. The van der Waals surface area contributed by atoms with Crippen molar-refractivity contribution in [3.05, 3.63) is 77.6 Å². The smallest absolute Gasteiger partial charge is 0.255 e. The van der Waals surface area contributed by atoms with Crippen LogP contribution in [-0.2, 0) is 4.74 Å². The van der Waals surface area contributed by atoms with Crippen molar-refractivity contribution >= 4 is 34.1 Å². The minimum absolute atomic E-state index is 0.305. The first-order valence-corrected chi connectivity index (χ1v) is 11.3. The van der Waals surface area contributed by atoms with Gasteiger partial charge in [0, 0.05) is 35.4 Å². The van der Waals surface area contributed by atoms with E-state index in [4.69, 9.17) is 4.74 Å². The number of nitrogens with one attached hydrogen (secondary N) is 1. The van der Waals surface area contributed by atoms with Crippen LogP contribution < -0.4 is 10.2 Å². The summed E-state index contributed by atoms with van der Waals surface area (Å²) in [5.74, 6) is -0.744. The number of allylic oxidation sites excluding steroid dienone is 1. The molecule has 4 rings (SSSR count). The van der Waals surface area contributed by atoms with Gasteiger partial charge in [0.05, 0.1) is 13.2 Å². The molecular formula is C27H29FN2O2. The Bertz CT molecular complexity index is 1120. The third-order valence-electron chi connectivity index (χ3n) is 5.75. The number of ether oxygens (including phenoxy) is 1. The number of hydrogen-bond acceptors (Lipinski definition) is 3. The van der Waals surface area contributed by atoms with Crippen molar-refractivity contribution in [2.24, 2.45) is 0 Å². The van der Waals surface area contributed by atoms with Crippen LogP contribution in [0.4, 0.5) is 15.8 Å². The highest BCUT2D eigenvalue weighted by Crippen LogP contribution is 2.29. The summed E-state index contributed by atoms with van der Waals surface area (Å²) in [6.45, 7) is 4.75. The summed E-state index contributed by atoms with van der Waals surface area (Å²) in [6.07, 6.45) is 7.73. The Morgan fingerprint density at radius 1 is 1.09 bits per heavy atom. The Hall–Kier alpha value is -3.18. The lowest BCUT2D eigenvalue weighted by molar-refractivity contribution is 0.102. The van der Waals surface area contributed by atoms with E-state index in [1.165, 1.54) is 25.0 Å². The van der Waals surface area contributed by atoms with E-state index < -0.39 is 5.82 Å². The van der Waals surface area contributed by atoms with Crippen LogP contribution in [0.3, 0.4) is 0 Å². The van der Waals surface area contributed by atoms with Crippen LogP contribution in [0.1, 0.15) is 42.1 Å². The summed E-state index contributed by atoms with van der Waals surface area (Å²) in [6, 6.07) is 16.5. The van der Waals surface area contributed by atoms with Gasteiger partial charge in [0.25, 0.3) is 5.91 Å². The third kappa shape index (κ3) is 5.17. The molecule has 1 aliphatic rings. The van der Waals surface area contributed by atoms with Crippen LogP contribution in [0.15, 0.2) is 60.7 Å². The summed E-state index contributed by atoms with van der Waals surface area (Å²) in [4.78, 5) is 15.1. The number of halogens is 1. The van der Waals surface area contributed by atoms with E-state index in [1.54, 1.807) is 6.07 Å². The Balaban J connectivity index is 1.59. The maximum atomic E-state index is 14.3. The SMILES string of the molecule is CCCC/C=C/c1ccc(NC(=O)c2cc(F)cc(N3CCOCC3)c2)c2ccccc12. The number of nitrogens with zero attached hydrogens (tertiary/aromatic N) is 1. The number of hydrogen-bond donors (Lipinski definition) is 1. The van der Waals surface area contributed by atoms with Gasteiger partial charge in [-0.05, 0) is 41.6 Å². The Labute approximate surface area is 188 Å². The number of carbonyl (C=O) groups excluding carboxylic acids is 1. The van der Waals surface area contributed by atoms with E-state index >= 15 is 0 Å². The molecule has 0 aromatic heterocycles. The number of fused-ring (bicyclic) bond motifs is 1. The summed E-state index contributed by atoms with van der Waals surface area (Å²) in [5.41, 5.74) is 2.85. The van der Waals surface area contributed by atoms with E-state index in [0.29, 0.717) is 43.2 Å². The first kappa shape index (κ1) is 22.0. The average Bonchev–Trinajstić information content (AvgIpc) is 2.83. The Morgan fingerprint density at radius 2 is 1.88 bits per heavy atom. The molecule has 3 aromatic rings. The second-order valence-corrected chi connectivity index (χ2v) is 8.04. The minimum atomic E-state index is -0.420. The molecule has 0 bridgehead atoms. The number of anilines is 2. The minimum Gasteiger partial charge on any atom is -0.378 e. The molecule has 1 heterocycles. The van der Waals surface area contributed by atoms with E-state index in [2.05, 4.69) is 30.5 Å². The quantitative estimate of drug-likeness (QED) is 0.447. The van der Waals surface area contributed by atoms with Gasteiger partial charge in [0.15, 0.2) is 0 Å². The Kier molecular flexibility index (Phi) is 7.17.